The molecule has 0 fully saturated rings. The third-order valence-electron chi connectivity index (χ3n) is 7.68. The molecule has 0 heterocycles. The fourth-order valence-corrected chi connectivity index (χ4v) is 6.72. The van der Waals surface area contributed by atoms with E-state index in [0.717, 1.165) is 26.6 Å². The molecule has 1 atom stereocenters. The quantitative estimate of drug-likeness (QED) is 0.187. The molecule has 0 radical (unpaired) electrons. The number of methoxy groups -OCH3 is 2. The van der Waals surface area contributed by atoms with Crippen LogP contribution in [-0.4, -0.2) is 58.0 Å². The molecule has 1 N–H and O–H groups in total. The number of anilines is 1. The van der Waals surface area contributed by atoms with Gasteiger partial charge in [-0.1, -0.05) is 77.9 Å². The van der Waals surface area contributed by atoms with E-state index in [9.17, 15) is 18.0 Å². The highest BCUT2D eigenvalue weighted by molar-refractivity contribution is 7.92. The monoisotopic (exact) mass is 657 g/mol. The number of hydrogen-bond acceptors (Lipinski definition) is 6. The molecule has 0 aliphatic heterocycles. The van der Waals surface area contributed by atoms with Gasteiger partial charge in [0, 0.05) is 25.1 Å². The van der Waals surface area contributed by atoms with E-state index in [2.05, 4.69) is 5.32 Å². The Morgan fingerprint density at radius 3 is 2.04 bits per heavy atom. The van der Waals surface area contributed by atoms with Gasteiger partial charge in [-0.05, 0) is 63.1 Å². The fraction of sp³-hybridized carbons (Fsp3) is 0.297. The van der Waals surface area contributed by atoms with Crippen molar-refractivity contribution >= 4 is 27.5 Å². The number of amides is 2. The van der Waals surface area contributed by atoms with Crippen molar-refractivity contribution in [2.75, 3.05) is 25.1 Å². The SMILES string of the molecule is COc1ccc(S(=O)(=O)N(CC(=O)N(Cc2cccc(C)c2)C(Cc2ccccc2)C(=O)NC(C)C)c2ccc(C)cc2)cc1OC. The van der Waals surface area contributed by atoms with Crippen molar-refractivity contribution < 1.29 is 27.5 Å². The molecule has 0 aliphatic rings. The summed E-state index contributed by atoms with van der Waals surface area (Å²) in [5.74, 6) is -0.253. The van der Waals surface area contributed by atoms with E-state index in [1.165, 1.54) is 37.3 Å². The van der Waals surface area contributed by atoms with Gasteiger partial charge < -0.3 is 19.7 Å². The van der Waals surface area contributed by atoms with Gasteiger partial charge in [-0.2, -0.15) is 0 Å². The molecule has 47 heavy (non-hydrogen) atoms. The van der Waals surface area contributed by atoms with Crippen molar-refractivity contribution in [3.8, 4) is 11.5 Å². The maximum absolute atomic E-state index is 14.6. The number of carbonyl (C=O) groups excluding carboxylic acids is 2. The first kappa shape index (κ1) is 35.0. The number of sulfonamides is 1. The lowest BCUT2D eigenvalue weighted by Gasteiger charge is -2.34. The lowest BCUT2D eigenvalue weighted by molar-refractivity contribution is -0.140. The second-order valence-corrected chi connectivity index (χ2v) is 13.6. The first-order valence-electron chi connectivity index (χ1n) is 15.4. The molecule has 248 valence electrons. The van der Waals surface area contributed by atoms with Crippen molar-refractivity contribution in [1.82, 2.24) is 10.2 Å². The standard InChI is InChI=1S/C37H43N3O6S/c1-26(2)38-37(42)33(22-29-12-8-7-9-13-29)39(24-30-14-10-11-28(4)21-30)36(41)25-40(31-17-15-27(3)16-18-31)47(43,44)32-19-20-34(45-5)35(23-32)46-6/h7-21,23,26,33H,22,24-25H2,1-6H3,(H,38,42). The Morgan fingerprint density at radius 1 is 0.766 bits per heavy atom. The summed E-state index contributed by atoms with van der Waals surface area (Å²) in [5.41, 5.74) is 3.92. The topological polar surface area (TPSA) is 105 Å². The van der Waals surface area contributed by atoms with E-state index in [4.69, 9.17) is 9.47 Å². The molecule has 0 saturated carbocycles. The molecule has 2 amide bonds. The third kappa shape index (κ3) is 8.92. The van der Waals surface area contributed by atoms with Crippen LogP contribution in [0, 0.1) is 13.8 Å². The van der Waals surface area contributed by atoms with Crippen LogP contribution in [0.25, 0.3) is 0 Å². The molecule has 0 aromatic heterocycles. The zero-order valence-corrected chi connectivity index (χ0v) is 28.6. The van der Waals surface area contributed by atoms with Crippen molar-refractivity contribution in [1.29, 1.82) is 0 Å². The van der Waals surface area contributed by atoms with Crippen LogP contribution in [0.4, 0.5) is 5.69 Å². The van der Waals surface area contributed by atoms with Crippen LogP contribution in [0.1, 0.15) is 36.1 Å². The summed E-state index contributed by atoms with van der Waals surface area (Å²) in [6.07, 6.45) is 0.240. The number of hydrogen-bond donors (Lipinski definition) is 1. The van der Waals surface area contributed by atoms with E-state index in [-0.39, 0.29) is 35.6 Å². The first-order valence-corrected chi connectivity index (χ1v) is 16.9. The zero-order valence-electron chi connectivity index (χ0n) is 27.8. The summed E-state index contributed by atoms with van der Waals surface area (Å²) < 4.78 is 40.5. The van der Waals surface area contributed by atoms with Gasteiger partial charge in [-0.15, -0.1) is 0 Å². The third-order valence-corrected chi connectivity index (χ3v) is 9.45. The van der Waals surface area contributed by atoms with Gasteiger partial charge in [0.05, 0.1) is 24.8 Å². The van der Waals surface area contributed by atoms with Gasteiger partial charge in [0.1, 0.15) is 12.6 Å². The molecule has 0 spiro atoms. The van der Waals surface area contributed by atoms with Gasteiger partial charge in [-0.3, -0.25) is 13.9 Å². The lowest BCUT2D eigenvalue weighted by Crippen LogP contribution is -2.54. The van der Waals surface area contributed by atoms with Crippen LogP contribution in [-0.2, 0) is 32.6 Å². The van der Waals surface area contributed by atoms with E-state index in [1.807, 2.05) is 82.3 Å². The molecule has 10 heteroatoms. The molecule has 9 nitrogen and oxygen atoms in total. The first-order chi connectivity index (χ1) is 22.4. The molecule has 0 bridgehead atoms. The van der Waals surface area contributed by atoms with Crippen LogP contribution in [0.2, 0.25) is 0 Å². The maximum atomic E-state index is 14.6. The Labute approximate surface area is 278 Å². The highest BCUT2D eigenvalue weighted by Crippen LogP contribution is 2.32. The molecular formula is C37H43N3O6S. The van der Waals surface area contributed by atoms with Crippen molar-refractivity contribution in [2.24, 2.45) is 0 Å². The molecule has 0 aliphatic carbocycles. The van der Waals surface area contributed by atoms with Gasteiger partial charge in [-0.25, -0.2) is 8.42 Å². The second kappa shape index (κ2) is 15.6. The van der Waals surface area contributed by atoms with Gasteiger partial charge in [0.2, 0.25) is 11.8 Å². The number of carbonyl (C=O) groups is 2. The van der Waals surface area contributed by atoms with Crippen molar-refractivity contribution in [2.45, 2.75) is 57.6 Å². The van der Waals surface area contributed by atoms with E-state index < -0.39 is 28.5 Å². The minimum atomic E-state index is -4.31. The van der Waals surface area contributed by atoms with Crippen LogP contribution in [0.15, 0.2) is 102 Å². The Morgan fingerprint density at radius 2 is 1.43 bits per heavy atom. The van der Waals surface area contributed by atoms with E-state index in [0.29, 0.717) is 11.4 Å². The molecule has 1 unspecified atom stereocenters. The largest absolute Gasteiger partial charge is 0.493 e. The zero-order chi connectivity index (χ0) is 34.1. The second-order valence-electron chi connectivity index (χ2n) is 11.7. The summed E-state index contributed by atoms with van der Waals surface area (Å²) >= 11 is 0. The van der Waals surface area contributed by atoms with Crippen LogP contribution >= 0.6 is 0 Å². The summed E-state index contributed by atoms with van der Waals surface area (Å²) in [6.45, 7) is 7.12. The molecule has 0 saturated heterocycles. The predicted octanol–water partition coefficient (Wildman–Crippen LogP) is 5.68. The minimum absolute atomic E-state index is 0.0767. The average molecular weight is 658 g/mol. The molecule has 4 aromatic carbocycles. The van der Waals surface area contributed by atoms with E-state index >= 15 is 0 Å². The summed E-state index contributed by atoms with van der Waals surface area (Å²) in [5, 5.41) is 2.98. The molecule has 4 aromatic rings. The van der Waals surface area contributed by atoms with Crippen LogP contribution in [0.3, 0.4) is 0 Å². The number of ether oxygens (including phenoxy) is 2. The van der Waals surface area contributed by atoms with Gasteiger partial charge in [0.15, 0.2) is 11.5 Å². The van der Waals surface area contributed by atoms with Crippen LogP contribution < -0.4 is 19.1 Å². The molecule has 4 rings (SSSR count). The fourth-order valence-electron chi connectivity index (χ4n) is 5.29. The average Bonchev–Trinajstić information content (AvgIpc) is 3.05. The Kier molecular flexibility index (Phi) is 11.7. The summed E-state index contributed by atoms with van der Waals surface area (Å²) in [6, 6.07) is 27.3. The van der Waals surface area contributed by atoms with E-state index in [1.54, 1.807) is 24.3 Å². The number of benzene rings is 4. The van der Waals surface area contributed by atoms with Crippen molar-refractivity contribution in [3.63, 3.8) is 0 Å². The molecular weight excluding hydrogens is 614 g/mol. The Bertz CT molecular complexity index is 1780. The van der Waals surface area contributed by atoms with Gasteiger partial charge >= 0.3 is 0 Å². The smallest absolute Gasteiger partial charge is 0.264 e. The highest BCUT2D eigenvalue weighted by atomic mass is 32.2. The summed E-state index contributed by atoms with van der Waals surface area (Å²) in [4.78, 5) is 29.9. The summed E-state index contributed by atoms with van der Waals surface area (Å²) in [7, 11) is -1.42. The highest BCUT2D eigenvalue weighted by Gasteiger charge is 2.35. The van der Waals surface area contributed by atoms with Gasteiger partial charge in [0.25, 0.3) is 10.0 Å². The lowest BCUT2D eigenvalue weighted by atomic mass is 10.0. The maximum Gasteiger partial charge on any atom is 0.264 e. The minimum Gasteiger partial charge on any atom is -0.493 e. The van der Waals surface area contributed by atoms with Crippen LogP contribution in [0.5, 0.6) is 11.5 Å². The number of aryl methyl sites for hydroxylation is 2. The number of nitrogens with zero attached hydrogens (tertiary/aromatic N) is 2. The Balaban J connectivity index is 1.83. The number of rotatable bonds is 14. The predicted molar refractivity (Wildman–Crippen MR) is 184 cm³/mol. The van der Waals surface area contributed by atoms with Crippen molar-refractivity contribution in [3.05, 3.63) is 119 Å². The normalized spacial score (nSPS) is 11.9. The number of nitrogens with one attached hydrogen (secondary N) is 1. The Hall–Kier alpha value is -4.83.